The second-order valence-electron chi connectivity index (χ2n) is 3.90. The van der Waals surface area contributed by atoms with E-state index in [-0.39, 0.29) is 6.03 Å². The van der Waals surface area contributed by atoms with Crippen LogP contribution in [0.15, 0.2) is 24.3 Å². The number of para-hydroxylation sites is 1. The number of nitrogens with zero attached hydrogens (tertiary/aromatic N) is 1. The molecule has 2 amide bonds. The summed E-state index contributed by atoms with van der Waals surface area (Å²) < 4.78 is 5.39. The first kappa shape index (κ1) is 14.5. The zero-order valence-electron chi connectivity index (χ0n) is 11.4. The second-order valence-corrected chi connectivity index (χ2v) is 3.90. The van der Waals surface area contributed by atoms with Gasteiger partial charge in [-0.1, -0.05) is 18.2 Å². The first-order chi connectivity index (χ1) is 8.72. The summed E-state index contributed by atoms with van der Waals surface area (Å²) in [6.45, 7) is 8.48. The summed E-state index contributed by atoms with van der Waals surface area (Å²) in [4.78, 5) is 13.7. The Bertz CT molecular complexity index is 376. The first-order valence-corrected chi connectivity index (χ1v) is 6.44. The van der Waals surface area contributed by atoms with Crippen molar-refractivity contribution in [2.75, 3.05) is 25.0 Å². The van der Waals surface area contributed by atoms with Crippen LogP contribution >= 0.6 is 0 Å². The lowest BCUT2D eigenvalue weighted by Crippen LogP contribution is -2.34. The van der Waals surface area contributed by atoms with Crippen molar-refractivity contribution in [3.05, 3.63) is 29.8 Å². The summed E-state index contributed by atoms with van der Waals surface area (Å²) in [5, 5.41) is 2.93. The van der Waals surface area contributed by atoms with Crippen LogP contribution in [0, 0.1) is 0 Å². The quantitative estimate of drug-likeness (QED) is 0.843. The molecule has 100 valence electrons. The number of anilines is 1. The predicted molar refractivity (Wildman–Crippen MR) is 73.7 cm³/mol. The van der Waals surface area contributed by atoms with E-state index < -0.39 is 0 Å². The third-order valence-electron chi connectivity index (χ3n) is 2.77. The molecule has 0 aliphatic rings. The summed E-state index contributed by atoms with van der Waals surface area (Å²) in [5.74, 6) is 0. The molecule has 4 nitrogen and oxygen atoms in total. The standard InChI is InChI=1S/C14H22N2O2/c1-4-16(5-2)14(17)15-13-10-8-7-9-12(13)11-18-6-3/h7-10H,4-6,11H2,1-3H3,(H,15,17). The van der Waals surface area contributed by atoms with E-state index in [4.69, 9.17) is 4.74 Å². The van der Waals surface area contributed by atoms with E-state index in [1.807, 2.05) is 45.0 Å². The monoisotopic (exact) mass is 250 g/mol. The Labute approximate surface area is 109 Å². The van der Waals surface area contributed by atoms with Crippen molar-refractivity contribution >= 4 is 11.7 Å². The minimum absolute atomic E-state index is 0.0658. The highest BCUT2D eigenvalue weighted by molar-refractivity contribution is 5.90. The van der Waals surface area contributed by atoms with E-state index in [1.54, 1.807) is 4.90 Å². The number of hydrogen-bond donors (Lipinski definition) is 1. The molecular weight excluding hydrogens is 228 g/mol. The average molecular weight is 250 g/mol. The fourth-order valence-electron chi connectivity index (χ4n) is 1.69. The number of benzene rings is 1. The Morgan fingerprint density at radius 2 is 1.89 bits per heavy atom. The number of amides is 2. The van der Waals surface area contributed by atoms with Gasteiger partial charge in [-0.3, -0.25) is 0 Å². The summed E-state index contributed by atoms with van der Waals surface area (Å²) in [6.07, 6.45) is 0. The zero-order chi connectivity index (χ0) is 13.4. The van der Waals surface area contributed by atoms with E-state index in [0.29, 0.717) is 26.3 Å². The number of carbonyl (C=O) groups is 1. The molecule has 18 heavy (non-hydrogen) atoms. The summed E-state index contributed by atoms with van der Waals surface area (Å²) in [5.41, 5.74) is 1.82. The largest absolute Gasteiger partial charge is 0.377 e. The second kappa shape index (κ2) is 7.71. The van der Waals surface area contributed by atoms with Crippen LogP contribution in [-0.2, 0) is 11.3 Å². The number of nitrogens with one attached hydrogen (secondary N) is 1. The molecule has 0 bridgehead atoms. The Morgan fingerprint density at radius 1 is 1.22 bits per heavy atom. The van der Waals surface area contributed by atoms with E-state index in [9.17, 15) is 4.79 Å². The van der Waals surface area contributed by atoms with Gasteiger partial charge in [0.25, 0.3) is 0 Å². The highest BCUT2D eigenvalue weighted by Crippen LogP contribution is 2.16. The molecule has 0 aliphatic carbocycles. The molecule has 1 N–H and O–H groups in total. The summed E-state index contributed by atoms with van der Waals surface area (Å²) >= 11 is 0. The van der Waals surface area contributed by atoms with E-state index in [2.05, 4.69) is 5.32 Å². The minimum atomic E-state index is -0.0658. The normalized spacial score (nSPS) is 10.2. The Hall–Kier alpha value is -1.55. The highest BCUT2D eigenvalue weighted by Gasteiger charge is 2.11. The van der Waals surface area contributed by atoms with Crippen LogP contribution < -0.4 is 5.32 Å². The third kappa shape index (κ3) is 4.04. The van der Waals surface area contributed by atoms with Gasteiger partial charge in [0.05, 0.1) is 6.61 Å². The van der Waals surface area contributed by atoms with Crippen LogP contribution in [0.2, 0.25) is 0 Å². The topological polar surface area (TPSA) is 41.6 Å². The van der Waals surface area contributed by atoms with Crippen LogP contribution in [0.5, 0.6) is 0 Å². The van der Waals surface area contributed by atoms with Crippen molar-refractivity contribution in [3.63, 3.8) is 0 Å². The van der Waals surface area contributed by atoms with Crippen LogP contribution in [0.4, 0.5) is 10.5 Å². The minimum Gasteiger partial charge on any atom is -0.377 e. The van der Waals surface area contributed by atoms with Crippen LogP contribution in [0.3, 0.4) is 0 Å². The third-order valence-corrected chi connectivity index (χ3v) is 2.77. The lowest BCUT2D eigenvalue weighted by molar-refractivity contribution is 0.134. The number of hydrogen-bond acceptors (Lipinski definition) is 2. The molecule has 0 heterocycles. The van der Waals surface area contributed by atoms with Crippen LogP contribution in [0.25, 0.3) is 0 Å². The van der Waals surface area contributed by atoms with Gasteiger partial charge in [-0.25, -0.2) is 4.79 Å². The van der Waals surface area contributed by atoms with Gasteiger partial charge < -0.3 is 15.0 Å². The van der Waals surface area contributed by atoms with Gasteiger partial charge in [0.1, 0.15) is 0 Å². The smallest absolute Gasteiger partial charge is 0.321 e. The molecule has 0 aliphatic heterocycles. The molecule has 4 heteroatoms. The zero-order valence-corrected chi connectivity index (χ0v) is 11.4. The maximum absolute atomic E-state index is 12.0. The molecule has 0 saturated carbocycles. The molecule has 1 aromatic carbocycles. The fraction of sp³-hybridized carbons (Fsp3) is 0.500. The van der Waals surface area contributed by atoms with Crippen LogP contribution in [-0.4, -0.2) is 30.6 Å². The molecule has 0 aromatic heterocycles. The van der Waals surface area contributed by atoms with Gasteiger partial charge in [0.15, 0.2) is 0 Å². The van der Waals surface area contributed by atoms with Crippen molar-refractivity contribution in [1.29, 1.82) is 0 Å². The van der Waals surface area contributed by atoms with Crippen molar-refractivity contribution in [3.8, 4) is 0 Å². The highest BCUT2D eigenvalue weighted by atomic mass is 16.5. The van der Waals surface area contributed by atoms with E-state index in [0.717, 1.165) is 11.3 Å². The SMILES string of the molecule is CCOCc1ccccc1NC(=O)N(CC)CC. The Kier molecular flexibility index (Phi) is 6.22. The molecular formula is C14H22N2O2. The average Bonchev–Trinajstić information content (AvgIpc) is 2.39. The maximum atomic E-state index is 12.0. The van der Waals surface area contributed by atoms with E-state index in [1.165, 1.54) is 0 Å². The molecule has 1 aromatic rings. The fourth-order valence-corrected chi connectivity index (χ4v) is 1.69. The summed E-state index contributed by atoms with van der Waals surface area (Å²) in [6, 6.07) is 7.65. The van der Waals surface area contributed by atoms with Crippen molar-refractivity contribution in [2.45, 2.75) is 27.4 Å². The van der Waals surface area contributed by atoms with Gasteiger partial charge in [0, 0.05) is 30.9 Å². The molecule has 0 unspecified atom stereocenters. The number of ether oxygens (including phenoxy) is 1. The van der Waals surface area contributed by atoms with Gasteiger partial charge in [-0.2, -0.15) is 0 Å². The van der Waals surface area contributed by atoms with Gasteiger partial charge in [-0.05, 0) is 26.8 Å². The number of rotatable bonds is 6. The Balaban J connectivity index is 2.73. The van der Waals surface area contributed by atoms with Crippen molar-refractivity contribution < 1.29 is 9.53 Å². The molecule has 0 fully saturated rings. The lowest BCUT2D eigenvalue weighted by atomic mass is 10.2. The maximum Gasteiger partial charge on any atom is 0.321 e. The Morgan fingerprint density at radius 3 is 2.50 bits per heavy atom. The van der Waals surface area contributed by atoms with Crippen molar-refractivity contribution in [2.24, 2.45) is 0 Å². The van der Waals surface area contributed by atoms with E-state index >= 15 is 0 Å². The van der Waals surface area contributed by atoms with Crippen LogP contribution in [0.1, 0.15) is 26.3 Å². The predicted octanol–water partition coefficient (Wildman–Crippen LogP) is 3.10. The molecule has 0 atom stereocenters. The number of urea groups is 1. The molecule has 1 rings (SSSR count). The van der Waals surface area contributed by atoms with Gasteiger partial charge in [0.2, 0.25) is 0 Å². The van der Waals surface area contributed by atoms with Gasteiger partial charge >= 0.3 is 6.03 Å². The first-order valence-electron chi connectivity index (χ1n) is 6.44. The summed E-state index contributed by atoms with van der Waals surface area (Å²) in [7, 11) is 0. The van der Waals surface area contributed by atoms with Crippen molar-refractivity contribution in [1.82, 2.24) is 4.90 Å². The molecule has 0 spiro atoms. The molecule has 0 radical (unpaired) electrons. The molecule has 0 saturated heterocycles. The van der Waals surface area contributed by atoms with Gasteiger partial charge in [-0.15, -0.1) is 0 Å². The lowest BCUT2D eigenvalue weighted by Gasteiger charge is -2.20. The number of carbonyl (C=O) groups excluding carboxylic acids is 1.